The minimum atomic E-state index is -2.23. The third kappa shape index (κ3) is 4.19. The molecule has 1 saturated carbocycles. The molecule has 6 heteroatoms. The third-order valence-corrected chi connectivity index (χ3v) is 5.90. The van der Waals surface area contributed by atoms with Crippen molar-refractivity contribution in [2.75, 3.05) is 6.54 Å². The van der Waals surface area contributed by atoms with Crippen LogP contribution in [0.2, 0.25) is 0 Å². The Bertz CT molecular complexity index is 980. The van der Waals surface area contributed by atoms with Gasteiger partial charge in [-0.3, -0.25) is 9.19 Å². The van der Waals surface area contributed by atoms with Gasteiger partial charge in [-0.1, -0.05) is 26.0 Å². The van der Waals surface area contributed by atoms with Crippen LogP contribution in [0.4, 0.5) is 0 Å². The first-order valence-electron chi connectivity index (χ1n) is 9.89. The second-order valence-corrected chi connectivity index (χ2v) is 8.88. The van der Waals surface area contributed by atoms with Crippen molar-refractivity contribution in [1.82, 2.24) is 14.3 Å². The monoisotopic (exact) mass is 396 g/mol. The SMILES string of the molecule is CC(C)Cn1cc(C(CNS(=O)[O-])C2CC2)c2ccc(-c3ccncc3)cc21. The molecule has 0 bridgehead atoms. The van der Waals surface area contributed by atoms with Gasteiger partial charge in [0.15, 0.2) is 0 Å². The number of hydrogen-bond donors (Lipinski definition) is 1. The maximum atomic E-state index is 11.1. The molecule has 1 N–H and O–H groups in total. The van der Waals surface area contributed by atoms with Crippen LogP contribution >= 0.6 is 0 Å². The highest BCUT2D eigenvalue weighted by Crippen LogP contribution is 2.45. The summed E-state index contributed by atoms with van der Waals surface area (Å²) in [4.78, 5) is 4.12. The summed E-state index contributed by atoms with van der Waals surface area (Å²) in [7, 11) is 0. The fourth-order valence-electron chi connectivity index (χ4n) is 4.07. The van der Waals surface area contributed by atoms with Crippen molar-refractivity contribution in [2.45, 2.75) is 39.2 Å². The highest BCUT2D eigenvalue weighted by atomic mass is 32.2. The highest BCUT2D eigenvalue weighted by molar-refractivity contribution is 7.77. The Kier molecular flexibility index (Phi) is 5.62. The molecule has 1 aliphatic rings. The maximum absolute atomic E-state index is 11.1. The first-order chi connectivity index (χ1) is 13.5. The molecular weight excluding hydrogens is 370 g/mol. The molecule has 0 radical (unpaired) electrons. The van der Waals surface area contributed by atoms with E-state index in [1.165, 1.54) is 34.9 Å². The lowest BCUT2D eigenvalue weighted by Crippen LogP contribution is -2.24. The Labute approximate surface area is 168 Å². The third-order valence-electron chi connectivity index (χ3n) is 5.50. The van der Waals surface area contributed by atoms with Gasteiger partial charge in [0.05, 0.1) is 0 Å². The van der Waals surface area contributed by atoms with Gasteiger partial charge in [-0.25, -0.2) is 4.72 Å². The zero-order chi connectivity index (χ0) is 19.7. The van der Waals surface area contributed by atoms with Gasteiger partial charge in [0.2, 0.25) is 0 Å². The van der Waals surface area contributed by atoms with E-state index in [-0.39, 0.29) is 5.92 Å². The summed E-state index contributed by atoms with van der Waals surface area (Å²) in [5.41, 5.74) is 4.80. The fourth-order valence-corrected chi connectivity index (χ4v) is 4.39. The first kappa shape index (κ1) is 19.3. The average molecular weight is 397 g/mol. The molecule has 2 heterocycles. The molecule has 148 valence electrons. The molecule has 3 aromatic rings. The zero-order valence-electron chi connectivity index (χ0n) is 16.3. The summed E-state index contributed by atoms with van der Waals surface area (Å²) in [6.45, 7) is 5.85. The molecule has 2 aromatic heterocycles. The number of benzene rings is 1. The highest BCUT2D eigenvalue weighted by Gasteiger charge is 2.34. The van der Waals surface area contributed by atoms with E-state index >= 15 is 0 Å². The van der Waals surface area contributed by atoms with E-state index in [1.807, 2.05) is 24.5 Å². The minimum absolute atomic E-state index is 0.223. The van der Waals surface area contributed by atoms with Crippen molar-refractivity contribution in [3.05, 3.63) is 54.5 Å². The van der Waals surface area contributed by atoms with Crippen LogP contribution in [0.15, 0.2) is 48.9 Å². The Balaban J connectivity index is 1.79. The Morgan fingerprint density at radius 2 is 1.96 bits per heavy atom. The molecule has 0 aliphatic heterocycles. The lowest BCUT2D eigenvalue weighted by molar-refractivity contribution is 0.507. The summed E-state index contributed by atoms with van der Waals surface area (Å²) in [6, 6.07) is 10.7. The van der Waals surface area contributed by atoms with Crippen molar-refractivity contribution in [3.8, 4) is 11.1 Å². The van der Waals surface area contributed by atoms with Crippen molar-refractivity contribution < 1.29 is 8.76 Å². The molecular formula is C22H26N3O2S-. The van der Waals surface area contributed by atoms with Gasteiger partial charge < -0.3 is 9.12 Å². The van der Waals surface area contributed by atoms with Gasteiger partial charge in [0.25, 0.3) is 0 Å². The van der Waals surface area contributed by atoms with E-state index < -0.39 is 11.3 Å². The second-order valence-electron chi connectivity index (χ2n) is 8.13. The molecule has 0 amide bonds. The topological polar surface area (TPSA) is 70.0 Å². The van der Waals surface area contributed by atoms with Crippen molar-refractivity contribution in [1.29, 1.82) is 0 Å². The maximum Gasteiger partial charge on any atom is 0.0489 e. The standard InChI is InChI=1S/C22H27N3O2S/c1-15(2)13-25-14-21(20(17-3-4-17)12-24-28(26)27)19-6-5-18(11-22(19)25)16-7-9-23-10-8-16/h5-11,14-15,17,20,24H,3-4,12-13H2,1-2H3,(H,26,27)/p-1. The Morgan fingerprint density at radius 1 is 1.21 bits per heavy atom. The summed E-state index contributed by atoms with van der Waals surface area (Å²) in [5, 5.41) is 1.23. The molecule has 0 spiro atoms. The van der Waals surface area contributed by atoms with E-state index in [9.17, 15) is 8.76 Å². The molecule has 1 aromatic carbocycles. The number of pyridine rings is 1. The van der Waals surface area contributed by atoms with Crippen LogP contribution in [-0.4, -0.2) is 24.9 Å². The fraction of sp³-hybridized carbons (Fsp3) is 0.409. The predicted octanol–water partition coefficient (Wildman–Crippen LogP) is 4.24. The van der Waals surface area contributed by atoms with Gasteiger partial charge in [-0.2, -0.15) is 0 Å². The van der Waals surface area contributed by atoms with E-state index in [0.29, 0.717) is 18.4 Å². The molecule has 5 nitrogen and oxygen atoms in total. The lowest BCUT2D eigenvalue weighted by atomic mass is 9.93. The second kappa shape index (κ2) is 8.15. The summed E-state index contributed by atoms with van der Waals surface area (Å²) < 4.78 is 27.1. The van der Waals surface area contributed by atoms with Crippen molar-refractivity contribution >= 4 is 22.2 Å². The van der Waals surface area contributed by atoms with Crippen LogP contribution < -0.4 is 4.72 Å². The van der Waals surface area contributed by atoms with Crippen molar-refractivity contribution in [3.63, 3.8) is 0 Å². The quantitative estimate of drug-likeness (QED) is 0.579. The predicted molar refractivity (Wildman–Crippen MR) is 112 cm³/mol. The zero-order valence-corrected chi connectivity index (χ0v) is 17.1. The van der Waals surface area contributed by atoms with Crippen LogP contribution in [0, 0.1) is 11.8 Å². The van der Waals surface area contributed by atoms with Gasteiger partial charge >= 0.3 is 0 Å². The smallest absolute Gasteiger partial charge is 0.0489 e. The number of aromatic nitrogens is 2. The van der Waals surface area contributed by atoms with Crippen LogP contribution in [0.3, 0.4) is 0 Å². The van der Waals surface area contributed by atoms with Crippen molar-refractivity contribution in [2.24, 2.45) is 11.8 Å². The van der Waals surface area contributed by atoms with E-state index in [1.54, 1.807) is 0 Å². The molecule has 1 aliphatic carbocycles. The van der Waals surface area contributed by atoms with E-state index in [0.717, 1.165) is 12.1 Å². The van der Waals surface area contributed by atoms with Crippen LogP contribution in [-0.2, 0) is 17.8 Å². The number of nitrogens with one attached hydrogen (secondary N) is 1. The number of nitrogens with zero attached hydrogens (tertiary/aromatic N) is 2. The average Bonchev–Trinajstić information content (AvgIpc) is 3.46. The number of hydrogen-bond acceptors (Lipinski definition) is 3. The first-order valence-corrected chi connectivity index (χ1v) is 11.0. The number of rotatable bonds is 8. The minimum Gasteiger partial charge on any atom is -0.760 e. The molecule has 2 unspecified atom stereocenters. The normalized spacial score (nSPS) is 16.6. The van der Waals surface area contributed by atoms with E-state index in [4.69, 9.17) is 0 Å². The van der Waals surface area contributed by atoms with Gasteiger partial charge in [-0.15, -0.1) is 0 Å². The van der Waals surface area contributed by atoms with Gasteiger partial charge in [0.1, 0.15) is 0 Å². The summed E-state index contributed by atoms with van der Waals surface area (Å²) in [5.74, 6) is 1.31. The van der Waals surface area contributed by atoms with Crippen LogP contribution in [0.1, 0.15) is 38.2 Å². The molecule has 1 fully saturated rings. The molecule has 4 rings (SSSR count). The summed E-state index contributed by atoms with van der Waals surface area (Å²) >= 11 is -2.23. The van der Waals surface area contributed by atoms with Crippen LogP contribution in [0.5, 0.6) is 0 Å². The van der Waals surface area contributed by atoms with E-state index in [2.05, 4.69) is 52.5 Å². The lowest BCUT2D eigenvalue weighted by Gasteiger charge is -2.18. The summed E-state index contributed by atoms with van der Waals surface area (Å²) in [6.07, 6.45) is 8.22. The van der Waals surface area contributed by atoms with Crippen LogP contribution in [0.25, 0.3) is 22.0 Å². The molecule has 28 heavy (non-hydrogen) atoms. The molecule has 0 saturated heterocycles. The van der Waals surface area contributed by atoms with Gasteiger partial charge in [0, 0.05) is 59.8 Å². The Morgan fingerprint density at radius 3 is 2.61 bits per heavy atom. The molecule has 2 atom stereocenters. The Hall–Kier alpha value is -2.02. The number of fused-ring (bicyclic) bond motifs is 1. The largest absolute Gasteiger partial charge is 0.760 e. The van der Waals surface area contributed by atoms with Gasteiger partial charge in [-0.05, 0) is 59.6 Å².